The van der Waals surface area contributed by atoms with Crippen LogP contribution in [0.15, 0.2) is 47.6 Å². The van der Waals surface area contributed by atoms with Gasteiger partial charge in [-0.15, -0.1) is 0 Å². The highest BCUT2D eigenvalue weighted by Gasteiger charge is 2.30. The number of aliphatic hydroxyl groups is 1. The molecule has 0 radical (unpaired) electrons. The van der Waals surface area contributed by atoms with Gasteiger partial charge in [-0.25, -0.2) is 0 Å². The zero-order chi connectivity index (χ0) is 23.9. The Bertz CT molecular complexity index is 1030. The number of aliphatic hydroxyl groups excluding tert-OH is 1. The molecule has 34 heavy (non-hydrogen) atoms. The minimum absolute atomic E-state index is 0.0208. The van der Waals surface area contributed by atoms with Gasteiger partial charge in [-0.3, -0.25) is 14.6 Å². The SMILES string of the molecule is O=C(O)CC1CCc2cc(NC(=O)c3ccc(C=NN4CCSCC4)cc3)ccc2C1CCO. The van der Waals surface area contributed by atoms with Crippen molar-refractivity contribution < 1.29 is 19.8 Å². The van der Waals surface area contributed by atoms with Crippen molar-refractivity contribution in [2.45, 2.75) is 31.6 Å². The van der Waals surface area contributed by atoms with Gasteiger partial charge in [0.15, 0.2) is 0 Å². The second-order valence-electron chi connectivity index (χ2n) is 8.82. The molecule has 1 aliphatic carbocycles. The number of hydrazone groups is 1. The summed E-state index contributed by atoms with van der Waals surface area (Å²) in [5.41, 5.74) is 4.44. The first kappa shape index (κ1) is 24.3. The van der Waals surface area contributed by atoms with Crippen LogP contribution >= 0.6 is 11.8 Å². The highest BCUT2D eigenvalue weighted by molar-refractivity contribution is 7.99. The summed E-state index contributed by atoms with van der Waals surface area (Å²) in [4.78, 5) is 24.0. The molecular formula is C26H31N3O4S. The van der Waals surface area contributed by atoms with E-state index in [0.717, 1.165) is 59.8 Å². The lowest BCUT2D eigenvalue weighted by atomic mass is 9.72. The van der Waals surface area contributed by atoms with Crippen molar-refractivity contribution in [3.63, 3.8) is 0 Å². The Morgan fingerprint density at radius 1 is 1.15 bits per heavy atom. The molecule has 1 saturated heterocycles. The Balaban J connectivity index is 1.40. The number of carboxylic acids is 1. The maximum Gasteiger partial charge on any atom is 0.303 e. The van der Waals surface area contributed by atoms with Gasteiger partial charge < -0.3 is 15.5 Å². The standard InChI is InChI=1S/C26H31N3O4S/c30-12-9-24-21(16-25(31)32)6-5-20-15-22(7-8-23(20)24)28-26(33)19-3-1-18(2-4-19)17-27-29-10-13-34-14-11-29/h1-4,7-8,15,17,21,24,30H,5-6,9-14,16H2,(H,28,33)(H,31,32). The van der Waals surface area contributed by atoms with E-state index in [-0.39, 0.29) is 30.8 Å². The van der Waals surface area contributed by atoms with Gasteiger partial charge in [0.2, 0.25) is 0 Å². The predicted octanol–water partition coefficient (Wildman–Crippen LogP) is 3.82. The fourth-order valence-electron chi connectivity index (χ4n) is 4.80. The summed E-state index contributed by atoms with van der Waals surface area (Å²) in [5.74, 6) is 1.26. The van der Waals surface area contributed by atoms with Gasteiger partial charge in [-0.2, -0.15) is 16.9 Å². The van der Waals surface area contributed by atoms with E-state index < -0.39 is 5.97 Å². The lowest BCUT2D eigenvalue weighted by Gasteiger charge is -2.33. The van der Waals surface area contributed by atoms with Crippen LogP contribution in [0.2, 0.25) is 0 Å². The van der Waals surface area contributed by atoms with Crippen molar-refractivity contribution in [3.8, 4) is 0 Å². The number of carbonyl (C=O) groups excluding carboxylic acids is 1. The predicted molar refractivity (Wildman–Crippen MR) is 136 cm³/mol. The first-order chi connectivity index (χ1) is 16.5. The van der Waals surface area contributed by atoms with Crippen molar-refractivity contribution in [2.75, 3.05) is 36.5 Å². The molecule has 180 valence electrons. The smallest absolute Gasteiger partial charge is 0.303 e. The van der Waals surface area contributed by atoms with Crippen LogP contribution in [-0.2, 0) is 11.2 Å². The molecule has 4 rings (SSSR count). The molecule has 0 bridgehead atoms. The van der Waals surface area contributed by atoms with Gasteiger partial charge >= 0.3 is 5.97 Å². The number of carboxylic acid groups (broad SMARTS) is 1. The second-order valence-corrected chi connectivity index (χ2v) is 10.0. The molecule has 3 N–H and O–H groups in total. The van der Waals surface area contributed by atoms with Crippen molar-refractivity contribution >= 4 is 35.5 Å². The van der Waals surface area contributed by atoms with Gasteiger partial charge in [-0.1, -0.05) is 18.2 Å². The topological polar surface area (TPSA) is 102 Å². The van der Waals surface area contributed by atoms with E-state index in [9.17, 15) is 19.8 Å². The minimum atomic E-state index is -0.803. The van der Waals surface area contributed by atoms with Crippen molar-refractivity contribution in [1.82, 2.24) is 5.01 Å². The molecule has 1 fully saturated rings. The van der Waals surface area contributed by atoms with Crippen LogP contribution in [0.3, 0.4) is 0 Å². The highest BCUT2D eigenvalue weighted by Crippen LogP contribution is 2.41. The zero-order valence-corrected chi connectivity index (χ0v) is 20.0. The summed E-state index contributed by atoms with van der Waals surface area (Å²) in [6.45, 7) is 1.95. The number of thioether (sulfide) groups is 1. The summed E-state index contributed by atoms with van der Waals surface area (Å²) in [6.07, 6.45) is 4.02. The third-order valence-corrected chi connectivity index (χ3v) is 7.50. The number of carbonyl (C=O) groups is 2. The van der Waals surface area contributed by atoms with Crippen molar-refractivity contribution in [3.05, 3.63) is 64.7 Å². The molecule has 8 heteroatoms. The van der Waals surface area contributed by atoms with Crippen LogP contribution in [0.1, 0.15) is 52.2 Å². The largest absolute Gasteiger partial charge is 0.481 e. The van der Waals surface area contributed by atoms with E-state index in [1.54, 1.807) is 12.1 Å². The summed E-state index contributed by atoms with van der Waals surface area (Å²) in [7, 11) is 0. The molecule has 0 saturated carbocycles. The van der Waals surface area contributed by atoms with Crippen molar-refractivity contribution in [2.24, 2.45) is 11.0 Å². The summed E-state index contributed by atoms with van der Waals surface area (Å²) < 4.78 is 0. The Morgan fingerprint density at radius 2 is 1.91 bits per heavy atom. The number of rotatable bonds is 8. The number of amides is 1. The van der Waals surface area contributed by atoms with Crippen LogP contribution in [0, 0.1) is 5.92 Å². The maximum atomic E-state index is 12.8. The van der Waals surface area contributed by atoms with Gasteiger partial charge in [0.05, 0.1) is 6.21 Å². The van der Waals surface area contributed by atoms with E-state index >= 15 is 0 Å². The third kappa shape index (κ3) is 6.18. The lowest BCUT2D eigenvalue weighted by molar-refractivity contribution is -0.138. The Morgan fingerprint density at radius 3 is 2.62 bits per heavy atom. The zero-order valence-electron chi connectivity index (χ0n) is 19.2. The van der Waals surface area contributed by atoms with Crippen LogP contribution in [0.5, 0.6) is 0 Å². The quantitative estimate of drug-likeness (QED) is 0.496. The number of hydrogen-bond donors (Lipinski definition) is 3. The summed E-state index contributed by atoms with van der Waals surface area (Å²) in [5, 5.41) is 28.3. The number of aryl methyl sites for hydroxylation is 1. The second kappa shape index (κ2) is 11.5. The van der Waals surface area contributed by atoms with Crippen LogP contribution < -0.4 is 5.32 Å². The molecule has 2 aliphatic rings. The first-order valence-electron chi connectivity index (χ1n) is 11.8. The molecular weight excluding hydrogens is 450 g/mol. The van der Waals surface area contributed by atoms with Crippen LogP contribution in [-0.4, -0.2) is 64.5 Å². The Kier molecular flexibility index (Phi) is 8.24. The van der Waals surface area contributed by atoms with E-state index in [0.29, 0.717) is 12.0 Å². The molecule has 2 aromatic carbocycles. The molecule has 0 aromatic heterocycles. The van der Waals surface area contributed by atoms with Crippen molar-refractivity contribution in [1.29, 1.82) is 0 Å². The number of aliphatic carboxylic acids is 1. The van der Waals surface area contributed by atoms with E-state index in [1.165, 1.54) is 0 Å². The van der Waals surface area contributed by atoms with E-state index in [2.05, 4.69) is 15.4 Å². The van der Waals surface area contributed by atoms with Gasteiger partial charge in [0.25, 0.3) is 5.91 Å². The van der Waals surface area contributed by atoms with Crippen LogP contribution in [0.25, 0.3) is 0 Å². The average Bonchev–Trinajstić information content (AvgIpc) is 2.85. The van der Waals surface area contributed by atoms with Gasteiger partial charge in [0.1, 0.15) is 0 Å². The molecule has 2 atom stereocenters. The molecule has 2 aromatic rings. The first-order valence-corrected chi connectivity index (χ1v) is 12.9. The molecule has 1 amide bonds. The summed E-state index contributed by atoms with van der Waals surface area (Å²) in [6, 6.07) is 13.2. The fraction of sp³-hybridized carbons (Fsp3) is 0.423. The number of fused-ring (bicyclic) bond motifs is 1. The summed E-state index contributed by atoms with van der Waals surface area (Å²) >= 11 is 1.95. The Labute approximate surface area is 204 Å². The number of benzene rings is 2. The van der Waals surface area contributed by atoms with Gasteiger partial charge in [-0.05, 0) is 72.1 Å². The number of nitrogens with zero attached hydrogens (tertiary/aromatic N) is 2. The molecule has 0 spiro atoms. The van der Waals surface area contributed by atoms with Crippen LogP contribution in [0.4, 0.5) is 5.69 Å². The highest BCUT2D eigenvalue weighted by atomic mass is 32.2. The maximum absolute atomic E-state index is 12.8. The molecule has 2 unspecified atom stereocenters. The Hall–Kier alpha value is -2.84. The number of hydrogen-bond acceptors (Lipinski definition) is 6. The molecule has 1 heterocycles. The lowest BCUT2D eigenvalue weighted by Crippen LogP contribution is -2.27. The average molecular weight is 482 g/mol. The number of nitrogens with one attached hydrogen (secondary N) is 1. The fourth-order valence-corrected chi connectivity index (χ4v) is 5.68. The molecule has 7 nitrogen and oxygen atoms in total. The van der Waals surface area contributed by atoms with E-state index in [4.69, 9.17) is 0 Å². The van der Waals surface area contributed by atoms with E-state index in [1.807, 2.05) is 48.3 Å². The monoisotopic (exact) mass is 481 g/mol. The third-order valence-electron chi connectivity index (χ3n) is 6.56. The minimum Gasteiger partial charge on any atom is -0.481 e. The molecule has 1 aliphatic heterocycles. The number of anilines is 1. The van der Waals surface area contributed by atoms with Gasteiger partial charge in [0, 0.05) is 48.9 Å². The normalized spacial score (nSPS) is 20.2.